The van der Waals surface area contributed by atoms with Crippen LogP contribution in [0.2, 0.25) is 0 Å². The SMILES string of the molecule is CN=C(NCC(C)(C)N1CCOCC1)NC1CN(C(=O)OC(C)(C)C)C1.I. The predicted molar refractivity (Wildman–Crippen MR) is 118 cm³/mol. The first-order chi connectivity index (χ1) is 12.1. The number of morpholine rings is 1. The predicted octanol–water partition coefficient (Wildman–Crippen LogP) is 1.50. The zero-order valence-corrected chi connectivity index (χ0v) is 19.8. The van der Waals surface area contributed by atoms with E-state index in [0.29, 0.717) is 13.1 Å². The fourth-order valence-corrected chi connectivity index (χ4v) is 3.01. The summed E-state index contributed by atoms with van der Waals surface area (Å²) < 4.78 is 10.8. The molecule has 9 heteroatoms. The van der Waals surface area contributed by atoms with Crippen molar-refractivity contribution in [3.8, 4) is 0 Å². The van der Waals surface area contributed by atoms with Gasteiger partial charge in [0.2, 0.25) is 0 Å². The average molecular weight is 497 g/mol. The van der Waals surface area contributed by atoms with Gasteiger partial charge in [0.05, 0.1) is 19.3 Å². The maximum absolute atomic E-state index is 12.0. The second kappa shape index (κ2) is 10.1. The van der Waals surface area contributed by atoms with Crippen LogP contribution >= 0.6 is 24.0 Å². The van der Waals surface area contributed by atoms with Gasteiger partial charge in [0.15, 0.2) is 5.96 Å². The molecule has 0 unspecified atom stereocenters. The Morgan fingerprint density at radius 2 is 1.78 bits per heavy atom. The smallest absolute Gasteiger partial charge is 0.410 e. The minimum Gasteiger partial charge on any atom is -0.444 e. The van der Waals surface area contributed by atoms with Gasteiger partial charge in [-0.05, 0) is 34.6 Å². The summed E-state index contributed by atoms with van der Waals surface area (Å²) in [5.41, 5.74) is -0.443. The molecular formula is C18H36IN5O3. The molecule has 8 nitrogen and oxygen atoms in total. The number of hydrogen-bond acceptors (Lipinski definition) is 5. The largest absolute Gasteiger partial charge is 0.444 e. The minimum atomic E-state index is -0.460. The average Bonchev–Trinajstić information content (AvgIpc) is 2.52. The Hall–Kier alpha value is -0.810. The normalized spacial score (nSPS) is 19.8. The first kappa shape index (κ1) is 24.2. The second-order valence-corrected chi connectivity index (χ2v) is 8.56. The molecule has 2 saturated heterocycles. The van der Waals surface area contributed by atoms with E-state index in [1.54, 1.807) is 11.9 Å². The van der Waals surface area contributed by atoms with E-state index in [4.69, 9.17) is 9.47 Å². The highest BCUT2D eigenvalue weighted by Gasteiger charge is 2.34. The fourth-order valence-electron chi connectivity index (χ4n) is 3.01. The number of nitrogens with zero attached hydrogens (tertiary/aromatic N) is 3. The van der Waals surface area contributed by atoms with Crippen LogP contribution in [0.15, 0.2) is 4.99 Å². The zero-order chi connectivity index (χ0) is 19.4. The van der Waals surface area contributed by atoms with E-state index in [1.165, 1.54) is 0 Å². The monoisotopic (exact) mass is 497 g/mol. The molecule has 2 heterocycles. The molecule has 2 fully saturated rings. The highest BCUT2D eigenvalue weighted by atomic mass is 127. The lowest BCUT2D eigenvalue weighted by Gasteiger charge is -2.42. The van der Waals surface area contributed by atoms with Crippen LogP contribution in [0, 0.1) is 0 Å². The summed E-state index contributed by atoms with van der Waals surface area (Å²) in [7, 11) is 1.77. The summed E-state index contributed by atoms with van der Waals surface area (Å²) in [6.07, 6.45) is -0.257. The number of carbonyl (C=O) groups is 1. The Bertz CT molecular complexity index is 510. The summed E-state index contributed by atoms with van der Waals surface area (Å²) in [4.78, 5) is 20.4. The molecule has 0 aromatic heterocycles. The van der Waals surface area contributed by atoms with Gasteiger partial charge in [0, 0.05) is 45.3 Å². The van der Waals surface area contributed by atoms with Gasteiger partial charge in [0.25, 0.3) is 0 Å². The standard InChI is InChI=1S/C18H35N5O3.HI/c1-17(2,3)26-16(24)22-11-14(12-22)21-15(19-6)20-13-18(4,5)23-7-9-25-10-8-23;/h14H,7-13H2,1-6H3,(H2,19,20,21);1H. The number of guanidine groups is 1. The highest BCUT2D eigenvalue weighted by Crippen LogP contribution is 2.16. The molecule has 0 atom stereocenters. The van der Waals surface area contributed by atoms with Gasteiger partial charge in [-0.25, -0.2) is 4.79 Å². The van der Waals surface area contributed by atoms with E-state index < -0.39 is 5.60 Å². The molecule has 0 bridgehead atoms. The van der Waals surface area contributed by atoms with E-state index in [2.05, 4.69) is 34.4 Å². The molecule has 0 spiro atoms. The van der Waals surface area contributed by atoms with Gasteiger partial charge in [-0.2, -0.15) is 0 Å². The lowest BCUT2D eigenvalue weighted by molar-refractivity contribution is -0.00845. The number of rotatable bonds is 4. The van der Waals surface area contributed by atoms with Crippen LogP contribution in [0.4, 0.5) is 4.79 Å². The Kier molecular flexibility index (Phi) is 9.07. The van der Waals surface area contributed by atoms with Crippen LogP contribution in [-0.2, 0) is 9.47 Å². The van der Waals surface area contributed by atoms with Crippen molar-refractivity contribution in [2.24, 2.45) is 4.99 Å². The first-order valence-electron chi connectivity index (χ1n) is 9.38. The number of nitrogens with one attached hydrogen (secondary N) is 2. The number of ether oxygens (including phenoxy) is 2. The number of hydrogen-bond donors (Lipinski definition) is 2. The number of halogens is 1. The Morgan fingerprint density at radius 3 is 2.30 bits per heavy atom. The van der Waals surface area contributed by atoms with Crippen LogP contribution in [0.25, 0.3) is 0 Å². The highest BCUT2D eigenvalue weighted by molar-refractivity contribution is 14.0. The molecule has 158 valence electrons. The summed E-state index contributed by atoms with van der Waals surface area (Å²) in [6.45, 7) is 15.6. The van der Waals surface area contributed by atoms with Crippen LogP contribution in [-0.4, -0.2) is 92.0 Å². The van der Waals surface area contributed by atoms with E-state index in [9.17, 15) is 4.79 Å². The van der Waals surface area contributed by atoms with Crippen molar-refractivity contribution in [1.82, 2.24) is 20.4 Å². The topological polar surface area (TPSA) is 78.4 Å². The zero-order valence-electron chi connectivity index (χ0n) is 17.5. The third-order valence-corrected chi connectivity index (χ3v) is 4.65. The van der Waals surface area contributed by atoms with E-state index in [0.717, 1.165) is 38.8 Å². The number of carbonyl (C=O) groups excluding carboxylic acids is 1. The van der Waals surface area contributed by atoms with E-state index in [-0.39, 0.29) is 41.7 Å². The van der Waals surface area contributed by atoms with Gasteiger partial charge in [0.1, 0.15) is 5.60 Å². The molecule has 2 aliphatic heterocycles. The Labute approximate surface area is 180 Å². The third kappa shape index (κ3) is 7.61. The molecular weight excluding hydrogens is 461 g/mol. The van der Waals surface area contributed by atoms with E-state index >= 15 is 0 Å². The third-order valence-electron chi connectivity index (χ3n) is 4.65. The van der Waals surface area contributed by atoms with Crippen LogP contribution in [0.3, 0.4) is 0 Å². The molecule has 0 radical (unpaired) electrons. The molecule has 2 rings (SSSR count). The maximum Gasteiger partial charge on any atom is 0.410 e. The van der Waals surface area contributed by atoms with Crippen molar-refractivity contribution < 1.29 is 14.3 Å². The van der Waals surface area contributed by atoms with E-state index in [1.807, 2.05) is 20.8 Å². The molecule has 0 saturated carbocycles. The molecule has 0 aromatic rings. The van der Waals surface area contributed by atoms with Gasteiger partial charge < -0.3 is 25.0 Å². The van der Waals surface area contributed by atoms with Crippen LogP contribution in [0.5, 0.6) is 0 Å². The number of amides is 1. The van der Waals surface area contributed by atoms with Gasteiger partial charge in [-0.1, -0.05) is 0 Å². The van der Waals surface area contributed by atoms with Gasteiger partial charge >= 0.3 is 6.09 Å². The van der Waals surface area contributed by atoms with Crippen molar-refractivity contribution >= 4 is 36.0 Å². The maximum atomic E-state index is 12.0. The lowest BCUT2D eigenvalue weighted by atomic mass is 10.0. The minimum absolute atomic E-state index is 0. The van der Waals surface area contributed by atoms with Gasteiger partial charge in [-0.3, -0.25) is 9.89 Å². The fraction of sp³-hybridized carbons (Fsp3) is 0.889. The Balaban J connectivity index is 0.00000364. The quantitative estimate of drug-likeness (QED) is 0.348. The molecule has 0 aromatic carbocycles. The van der Waals surface area contributed by atoms with Crippen LogP contribution < -0.4 is 10.6 Å². The summed E-state index contributed by atoms with van der Waals surface area (Å²) in [6, 6.07) is 0.195. The van der Waals surface area contributed by atoms with Crippen molar-refractivity contribution in [1.29, 1.82) is 0 Å². The molecule has 1 amide bonds. The lowest BCUT2D eigenvalue weighted by Crippen LogP contribution is -2.64. The molecule has 2 N–H and O–H groups in total. The summed E-state index contributed by atoms with van der Waals surface area (Å²) in [5, 5.41) is 6.78. The summed E-state index contributed by atoms with van der Waals surface area (Å²) in [5.74, 6) is 0.764. The van der Waals surface area contributed by atoms with Crippen molar-refractivity contribution in [2.45, 2.75) is 51.8 Å². The molecule has 27 heavy (non-hydrogen) atoms. The van der Waals surface area contributed by atoms with Crippen molar-refractivity contribution in [2.75, 3.05) is 53.0 Å². The molecule has 0 aliphatic carbocycles. The molecule has 2 aliphatic rings. The second-order valence-electron chi connectivity index (χ2n) is 8.56. The van der Waals surface area contributed by atoms with Crippen LogP contribution in [0.1, 0.15) is 34.6 Å². The Morgan fingerprint density at radius 1 is 1.19 bits per heavy atom. The van der Waals surface area contributed by atoms with Gasteiger partial charge in [-0.15, -0.1) is 24.0 Å². The first-order valence-corrected chi connectivity index (χ1v) is 9.38. The summed E-state index contributed by atoms with van der Waals surface area (Å²) >= 11 is 0. The number of aliphatic imine (C=N–C) groups is 1. The van der Waals surface area contributed by atoms with Crippen molar-refractivity contribution in [3.63, 3.8) is 0 Å². The van der Waals surface area contributed by atoms with Crippen molar-refractivity contribution in [3.05, 3.63) is 0 Å². The number of likely N-dealkylation sites (tertiary alicyclic amines) is 1.